The van der Waals surface area contributed by atoms with Gasteiger partial charge in [-0.3, -0.25) is 4.79 Å². The number of carbonyl (C=O) groups excluding carboxylic acids is 1. The summed E-state index contributed by atoms with van der Waals surface area (Å²) in [7, 11) is 1.76. The van der Waals surface area contributed by atoms with Crippen LogP contribution in [0.2, 0.25) is 0 Å². The lowest BCUT2D eigenvalue weighted by Crippen LogP contribution is -2.35. The largest absolute Gasteiger partial charge is 0.341 e. The van der Waals surface area contributed by atoms with Gasteiger partial charge in [0.2, 0.25) is 5.91 Å². The molecule has 3 nitrogen and oxygen atoms in total. The van der Waals surface area contributed by atoms with E-state index in [1.165, 1.54) is 0 Å². The van der Waals surface area contributed by atoms with Gasteiger partial charge in [-0.2, -0.15) is 0 Å². The number of nitrogens with two attached hydrogens (primary N) is 1. The normalized spacial score (nSPS) is 11.9. The van der Waals surface area contributed by atoms with E-state index in [-0.39, 0.29) is 11.8 Å². The maximum absolute atomic E-state index is 12.1. The van der Waals surface area contributed by atoms with Crippen LogP contribution < -0.4 is 5.73 Å². The van der Waals surface area contributed by atoms with E-state index in [1.54, 1.807) is 18.0 Å². The van der Waals surface area contributed by atoms with E-state index < -0.39 is 0 Å². The van der Waals surface area contributed by atoms with Gasteiger partial charge in [-0.05, 0) is 5.56 Å². The van der Waals surface area contributed by atoms with Crippen LogP contribution in [0.15, 0.2) is 43.0 Å². The van der Waals surface area contributed by atoms with Crippen molar-refractivity contribution < 1.29 is 4.79 Å². The number of rotatable bonds is 5. The Balaban J connectivity index is 2.82. The summed E-state index contributed by atoms with van der Waals surface area (Å²) in [6.45, 7) is 4.48. The number of likely N-dealkylation sites (N-methyl/N-ethyl adjacent to an activating group) is 1. The quantitative estimate of drug-likeness (QED) is 0.759. The lowest BCUT2D eigenvalue weighted by Gasteiger charge is -2.21. The minimum atomic E-state index is -0.258. The Morgan fingerprint density at radius 2 is 2.12 bits per heavy atom. The third kappa shape index (κ3) is 2.94. The summed E-state index contributed by atoms with van der Waals surface area (Å²) in [4.78, 5) is 13.7. The highest BCUT2D eigenvalue weighted by molar-refractivity contribution is 5.83. The minimum Gasteiger partial charge on any atom is -0.341 e. The molecule has 0 bridgehead atoms. The molecular formula is C13H18N2O. The summed E-state index contributed by atoms with van der Waals surface area (Å²) in [5, 5.41) is 0. The summed E-state index contributed by atoms with van der Waals surface area (Å²) in [6.07, 6.45) is 1.70. The number of amides is 1. The van der Waals surface area contributed by atoms with Gasteiger partial charge in [0, 0.05) is 20.1 Å². The molecule has 1 unspecified atom stereocenters. The molecule has 0 aliphatic heterocycles. The zero-order valence-electron chi connectivity index (χ0n) is 9.60. The Bertz CT molecular complexity index is 348. The molecule has 0 saturated heterocycles. The van der Waals surface area contributed by atoms with Crippen molar-refractivity contribution >= 4 is 5.91 Å². The second-order valence-corrected chi connectivity index (χ2v) is 3.71. The maximum atomic E-state index is 12.1. The fraction of sp³-hybridized carbons (Fsp3) is 0.308. The van der Waals surface area contributed by atoms with Crippen LogP contribution in [-0.2, 0) is 4.79 Å². The van der Waals surface area contributed by atoms with Gasteiger partial charge >= 0.3 is 0 Å². The smallest absolute Gasteiger partial charge is 0.231 e. The number of benzene rings is 1. The number of nitrogens with zero attached hydrogens (tertiary/aromatic N) is 1. The molecule has 0 aliphatic carbocycles. The van der Waals surface area contributed by atoms with Crippen LogP contribution in [-0.4, -0.2) is 30.9 Å². The van der Waals surface area contributed by atoms with Gasteiger partial charge in [0.1, 0.15) is 0 Å². The van der Waals surface area contributed by atoms with Crippen molar-refractivity contribution in [3.8, 4) is 0 Å². The second kappa shape index (κ2) is 6.08. The molecule has 0 aromatic heterocycles. The van der Waals surface area contributed by atoms with E-state index in [0.29, 0.717) is 13.1 Å². The molecule has 1 atom stereocenters. The summed E-state index contributed by atoms with van der Waals surface area (Å²) in [5.74, 6) is -0.222. The Morgan fingerprint density at radius 1 is 1.50 bits per heavy atom. The molecule has 1 rings (SSSR count). The van der Waals surface area contributed by atoms with Crippen LogP contribution in [0.25, 0.3) is 0 Å². The van der Waals surface area contributed by atoms with Gasteiger partial charge in [0.25, 0.3) is 0 Å². The van der Waals surface area contributed by atoms with Gasteiger partial charge < -0.3 is 10.6 Å². The third-order valence-corrected chi connectivity index (χ3v) is 2.51. The minimum absolute atomic E-state index is 0.0357. The lowest BCUT2D eigenvalue weighted by atomic mass is 9.98. The number of hydrogen-bond acceptors (Lipinski definition) is 2. The zero-order valence-corrected chi connectivity index (χ0v) is 9.60. The Labute approximate surface area is 96.6 Å². The molecule has 0 aliphatic rings. The first kappa shape index (κ1) is 12.5. The van der Waals surface area contributed by atoms with Gasteiger partial charge in [-0.15, -0.1) is 6.58 Å². The Morgan fingerprint density at radius 3 is 2.62 bits per heavy atom. The monoisotopic (exact) mass is 218 g/mol. The van der Waals surface area contributed by atoms with Crippen molar-refractivity contribution in [2.75, 3.05) is 20.1 Å². The maximum Gasteiger partial charge on any atom is 0.231 e. The first-order chi connectivity index (χ1) is 7.70. The van der Waals surface area contributed by atoms with E-state index in [4.69, 9.17) is 5.73 Å². The van der Waals surface area contributed by atoms with Crippen LogP contribution in [0.5, 0.6) is 0 Å². The van der Waals surface area contributed by atoms with Crippen LogP contribution in [0.1, 0.15) is 11.5 Å². The lowest BCUT2D eigenvalue weighted by molar-refractivity contribution is -0.130. The van der Waals surface area contributed by atoms with E-state index in [2.05, 4.69) is 6.58 Å². The average Bonchev–Trinajstić information content (AvgIpc) is 2.31. The molecular weight excluding hydrogens is 200 g/mol. The fourth-order valence-electron chi connectivity index (χ4n) is 1.61. The predicted molar refractivity (Wildman–Crippen MR) is 66.1 cm³/mol. The molecule has 0 spiro atoms. The molecule has 2 N–H and O–H groups in total. The number of hydrogen-bond donors (Lipinski definition) is 1. The van der Waals surface area contributed by atoms with Crippen molar-refractivity contribution in [2.45, 2.75) is 5.92 Å². The average molecular weight is 218 g/mol. The highest BCUT2D eigenvalue weighted by atomic mass is 16.2. The van der Waals surface area contributed by atoms with Crippen molar-refractivity contribution in [1.29, 1.82) is 0 Å². The van der Waals surface area contributed by atoms with Gasteiger partial charge in [0.05, 0.1) is 5.92 Å². The summed E-state index contributed by atoms with van der Waals surface area (Å²) in [6, 6.07) is 9.61. The molecule has 1 amide bonds. The topological polar surface area (TPSA) is 46.3 Å². The fourth-order valence-corrected chi connectivity index (χ4v) is 1.61. The van der Waals surface area contributed by atoms with Gasteiger partial charge in [0.15, 0.2) is 0 Å². The molecule has 0 saturated carbocycles. The molecule has 16 heavy (non-hydrogen) atoms. The molecule has 3 heteroatoms. The molecule has 1 aromatic rings. The Kier molecular flexibility index (Phi) is 4.73. The highest BCUT2D eigenvalue weighted by Crippen LogP contribution is 2.16. The first-order valence-corrected chi connectivity index (χ1v) is 5.31. The zero-order chi connectivity index (χ0) is 12.0. The van der Waals surface area contributed by atoms with Crippen LogP contribution in [0.3, 0.4) is 0 Å². The SMILES string of the molecule is C=CCN(C)C(=O)C(CN)c1ccccc1. The van der Waals surface area contributed by atoms with Crippen molar-refractivity contribution in [2.24, 2.45) is 5.73 Å². The Hall–Kier alpha value is -1.61. The first-order valence-electron chi connectivity index (χ1n) is 5.31. The van der Waals surface area contributed by atoms with E-state index in [0.717, 1.165) is 5.56 Å². The van der Waals surface area contributed by atoms with E-state index >= 15 is 0 Å². The van der Waals surface area contributed by atoms with Crippen LogP contribution in [0.4, 0.5) is 0 Å². The molecule has 86 valence electrons. The summed E-state index contributed by atoms with van der Waals surface area (Å²) < 4.78 is 0. The van der Waals surface area contributed by atoms with Crippen LogP contribution in [0, 0.1) is 0 Å². The van der Waals surface area contributed by atoms with Crippen molar-refractivity contribution in [1.82, 2.24) is 4.90 Å². The summed E-state index contributed by atoms with van der Waals surface area (Å²) >= 11 is 0. The van der Waals surface area contributed by atoms with E-state index in [9.17, 15) is 4.79 Å². The van der Waals surface area contributed by atoms with E-state index in [1.807, 2.05) is 30.3 Å². The third-order valence-electron chi connectivity index (χ3n) is 2.51. The van der Waals surface area contributed by atoms with Gasteiger partial charge in [-0.1, -0.05) is 36.4 Å². The number of carbonyl (C=O) groups is 1. The highest BCUT2D eigenvalue weighted by Gasteiger charge is 2.21. The predicted octanol–water partition coefficient (Wildman–Crippen LogP) is 1.37. The molecule has 0 heterocycles. The molecule has 0 radical (unpaired) electrons. The summed E-state index contributed by atoms with van der Waals surface area (Å²) in [5.41, 5.74) is 6.63. The van der Waals surface area contributed by atoms with Crippen molar-refractivity contribution in [3.05, 3.63) is 48.6 Å². The standard InChI is InChI=1S/C13H18N2O/c1-3-9-15(2)13(16)12(10-14)11-7-5-4-6-8-11/h3-8,12H,1,9-10,14H2,2H3. The van der Waals surface area contributed by atoms with Crippen molar-refractivity contribution in [3.63, 3.8) is 0 Å². The van der Waals surface area contributed by atoms with Gasteiger partial charge in [-0.25, -0.2) is 0 Å². The van der Waals surface area contributed by atoms with Crippen LogP contribution >= 0.6 is 0 Å². The second-order valence-electron chi connectivity index (χ2n) is 3.71. The molecule has 1 aromatic carbocycles. The molecule has 0 fully saturated rings.